The monoisotopic (exact) mass is 309 g/mol. The summed E-state index contributed by atoms with van der Waals surface area (Å²) in [7, 11) is 1.59. The maximum absolute atomic E-state index is 12.4. The number of nitrogens with zero attached hydrogens (tertiary/aromatic N) is 1. The van der Waals surface area contributed by atoms with Crippen LogP contribution in [-0.4, -0.2) is 36.1 Å². The molecule has 0 bridgehead atoms. The van der Waals surface area contributed by atoms with Crippen molar-refractivity contribution in [1.82, 2.24) is 4.90 Å². The van der Waals surface area contributed by atoms with E-state index in [4.69, 9.17) is 22.7 Å². The van der Waals surface area contributed by atoms with Gasteiger partial charge in [0.2, 0.25) is 0 Å². The minimum atomic E-state index is -0.159. The summed E-state index contributed by atoms with van der Waals surface area (Å²) in [6, 6.07) is 7.10. The summed E-state index contributed by atoms with van der Waals surface area (Å²) in [6.07, 6.45) is 0.521. The Morgan fingerprint density at radius 1 is 1.48 bits per heavy atom. The Labute approximate surface area is 131 Å². The van der Waals surface area contributed by atoms with Crippen LogP contribution in [0.25, 0.3) is 0 Å². The number of anilines is 1. The smallest absolute Gasteiger partial charge is 0.321 e. The first kappa shape index (κ1) is 17.2. The molecule has 0 aromatic heterocycles. The van der Waals surface area contributed by atoms with Crippen LogP contribution in [0.1, 0.15) is 20.3 Å². The molecule has 0 unspecified atom stereocenters. The number of carbonyl (C=O) groups is 1. The molecule has 0 radical (unpaired) electrons. The fraction of sp³-hybridized carbons (Fsp3) is 0.467. The second-order valence-corrected chi connectivity index (χ2v) is 5.74. The zero-order valence-corrected chi connectivity index (χ0v) is 13.6. The summed E-state index contributed by atoms with van der Waals surface area (Å²) in [5.41, 5.74) is 6.22. The van der Waals surface area contributed by atoms with E-state index in [1.807, 2.05) is 18.2 Å². The molecule has 1 rings (SSSR count). The zero-order chi connectivity index (χ0) is 15.8. The van der Waals surface area contributed by atoms with Crippen LogP contribution in [0.2, 0.25) is 0 Å². The lowest BCUT2D eigenvalue weighted by molar-refractivity contribution is 0.206. The van der Waals surface area contributed by atoms with Crippen molar-refractivity contribution in [2.45, 2.75) is 20.3 Å². The molecule has 0 aliphatic heterocycles. The molecule has 3 N–H and O–H groups in total. The zero-order valence-electron chi connectivity index (χ0n) is 12.8. The van der Waals surface area contributed by atoms with Crippen molar-refractivity contribution in [1.29, 1.82) is 0 Å². The summed E-state index contributed by atoms with van der Waals surface area (Å²) in [5.74, 6) is 1.07. The van der Waals surface area contributed by atoms with E-state index in [2.05, 4.69) is 19.2 Å². The minimum Gasteiger partial charge on any atom is -0.497 e. The lowest BCUT2D eigenvalue weighted by Gasteiger charge is -2.24. The molecule has 0 atom stereocenters. The van der Waals surface area contributed by atoms with E-state index in [0.29, 0.717) is 41.9 Å². The third-order valence-corrected chi connectivity index (χ3v) is 3.03. The average molecular weight is 309 g/mol. The highest BCUT2D eigenvalue weighted by molar-refractivity contribution is 7.80. The molecule has 5 nitrogen and oxygen atoms in total. The van der Waals surface area contributed by atoms with Crippen LogP contribution in [0, 0.1) is 5.92 Å². The van der Waals surface area contributed by atoms with E-state index < -0.39 is 0 Å². The molecule has 0 heterocycles. The van der Waals surface area contributed by atoms with Gasteiger partial charge in [0.05, 0.1) is 12.1 Å². The standard InChI is InChI=1S/C15H23N3O2S/c1-11(2)10-18(8-7-14(16)21)15(19)17-12-5-4-6-13(9-12)20-3/h4-6,9,11H,7-8,10H2,1-3H3,(H2,16,21)(H,17,19). The van der Waals surface area contributed by atoms with E-state index >= 15 is 0 Å². The Hall–Kier alpha value is -1.82. The summed E-state index contributed by atoms with van der Waals surface area (Å²) >= 11 is 4.88. The van der Waals surface area contributed by atoms with Gasteiger partial charge in [-0.3, -0.25) is 0 Å². The molecule has 6 heteroatoms. The second kappa shape index (κ2) is 8.46. The summed E-state index contributed by atoms with van der Waals surface area (Å²) in [5, 5.41) is 2.87. The first-order valence-corrected chi connectivity index (χ1v) is 7.31. The number of nitrogens with one attached hydrogen (secondary N) is 1. The molecule has 1 aromatic carbocycles. The van der Waals surface area contributed by atoms with Crippen LogP contribution in [0.3, 0.4) is 0 Å². The van der Waals surface area contributed by atoms with Gasteiger partial charge in [-0.15, -0.1) is 0 Å². The topological polar surface area (TPSA) is 67.6 Å². The number of benzene rings is 1. The van der Waals surface area contributed by atoms with Crippen LogP contribution in [0.15, 0.2) is 24.3 Å². The number of carbonyl (C=O) groups excluding carboxylic acids is 1. The Balaban J connectivity index is 2.71. The Morgan fingerprint density at radius 2 is 2.19 bits per heavy atom. The first-order valence-electron chi connectivity index (χ1n) is 6.90. The molecule has 2 amide bonds. The number of amides is 2. The number of rotatable bonds is 7. The van der Waals surface area contributed by atoms with Gasteiger partial charge >= 0.3 is 6.03 Å². The molecule has 0 saturated carbocycles. The van der Waals surface area contributed by atoms with Crippen molar-refractivity contribution in [2.24, 2.45) is 11.7 Å². The molecule has 0 fully saturated rings. The van der Waals surface area contributed by atoms with Gasteiger partial charge in [0.25, 0.3) is 0 Å². The number of methoxy groups -OCH3 is 1. The normalized spacial score (nSPS) is 10.3. The Morgan fingerprint density at radius 3 is 2.76 bits per heavy atom. The van der Waals surface area contributed by atoms with Crippen LogP contribution < -0.4 is 15.8 Å². The average Bonchev–Trinajstić information content (AvgIpc) is 2.43. The van der Waals surface area contributed by atoms with Gasteiger partial charge < -0.3 is 20.7 Å². The first-order chi connectivity index (χ1) is 9.92. The van der Waals surface area contributed by atoms with Crippen LogP contribution in [-0.2, 0) is 0 Å². The molecule has 0 aliphatic carbocycles. The quantitative estimate of drug-likeness (QED) is 0.760. The van der Waals surface area contributed by atoms with Gasteiger partial charge in [-0.25, -0.2) is 4.79 Å². The van der Waals surface area contributed by atoms with Gasteiger partial charge in [0.15, 0.2) is 0 Å². The van der Waals surface area contributed by atoms with E-state index in [0.717, 1.165) is 0 Å². The number of hydrogen-bond donors (Lipinski definition) is 2. The molecule has 116 valence electrons. The maximum atomic E-state index is 12.4. The van der Waals surface area contributed by atoms with Crippen LogP contribution >= 0.6 is 12.2 Å². The highest BCUT2D eigenvalue weighted by Gasteiger charge is 2.15. The fourth-order valence-corrected chi connectivity index (χ4v) is 1.96. The number of hydrogen-bond acceptors (Lipinski definition) is 3. The predicted octanol–water partition coefficient (Wildman–Crippen LogP) is 2.86. The van der Waals surface area contributed by atoms with Crippen molar-refractivity contribution in [3.8, 4) is 5.75 Å². The number of nitrogens with two attached hydrogens (primary N) is 1. The van der Waals surface area contributed by atoms with Gasteiger partial charge in [-0.2, -0.15) is 0 Å². The molecular weight excluding hydrogens is 286 g/mol. The van der Waals surface area contributed by atoms with Crippen molar-refractivity contribution < 1.29 is 9.53 Å². The highest BCUT2D eigenvalue weighted by Crippen LogP contribution is 2.17. The van der Waals surface area contributed by atoms with E-state index in [9.17, 15) is 4.79 Å². The van der Waals surface area contributed by atoms with Crippen molar-refractivity contribution in [3.05, 3.63) is 24.3 Å². The van der Waals surface area contributed by atoms with Crippen LogP contribution in [0.5, 0.6) is 5.75 Å². The molecule has 21 heavy (non-hydrogen) atoms. The minimum absolute atomic E-state index is 0.159. The Bertz CT molecular complexity index is 492. The van der Waals surface area contributed by atoms with Crippen molar-refractivity contribution in [2.75, 3.05) is 25.5 Å². The van der Waals surface area contributed by atoms with E-state index in [1.54, 1.807) is 18.1 Å². The van der Waals surface area contributed by atoms with Crippen LogP contribution in [0.4, 0.5) is 10.5 Å². The summed E-state index contributed by atoms with van der Waals surface area (Å²) < 4.78 is 5.14. The lowest BCUT2D eigenvalue weighted by atomic mass is 10.2. The summed E-state index contributed by atoms with van der Waals surface area (Å²) in [6.45, 7) is 5.29. The van der Waals surface area contributed by atoms with Gasteiger partial charge in [0, 0.05) is 31.3 Å². The molecule has 0 spiro atoms. The third-order valence-electron chi connectivity index (χ3n) is 2.82. The number of thiocarbonyl (C=S) groups is 1. The lowest BCUT2D eigenvalue weighted by Crippen LogP contribution is -2.39. The predicted molar refractivity (Wildman–Crippen MR) is 89.8 cm³/mol. The molecular formula is C15H23N3O2S. The Kier molecular flexibility index (Phi) is 6.94. The number of urea groups is 1. The van der Waals surface area contributed by atoms with Gasteiger partial charge in [-0.1, -0.05) is 32.1 Å². The molecule has 1 aromatic rings. The molecule has 0 aliphatic rings. The van der Waals surface area contributed by atoms with Crippen molar-refractivity contribution in [3.63, 3.8) is 0 Å². The molecule has 0 saturated heterocycles. The van der Waals surface area contributed by atoms with E-state index in [-0.39, 0.29) is 6.03 Å². The van der Waals surface area contributed by atoms with Gasteiger partial charge in [0.1, 0.15) is 5.75 Å². The number of ether oxygens (including phenoxy) is 1. The third kappa shape index (κ3) is 6.44. The summed E-state index contributed by atoms with van der Waals surface area (Å²) in [4.78, 5) is 14.5. The van der Waals surface area contributed by atoms with Gasteiger partial charge in [-0.05, 0) is 18.1 Å². The largest absolute Gasteiger partial charge is 0.497 e. The van der Waals surface area contributed by atoms with Crippen molar-refractivity contribution >= 4 is 28.9 Å². The van der Waals surface area contributed by atoms with E-state index in [1.165, 1.54) is 0 Å². The second-order valence-electron chi connectivity index (χ2n) is 5.22. The maximum Gasteiger partial charge on any atom is 0.321 e. The highest BCUT2D eigenvalue weighted by atomic mass is 32.1. The SMILES string of the molecule is COc1cccc(NC(=O)N(CCC(N)=S)CC(C)C)c1. The fourth-order valence-electron chi connectivity index (χ4n) is 1.87.